The highest BCUT2D eigenvalue weighted by Crippen LogP contribution is 2.45. The number of rotatable bonds is 5. The van der Waals surface area contributed by atoms with Crippen LogP contribution in [0.15, 0.2) is 47.0 Å². The molecule has 3 aromatic rings. The minimum absolute atomic E-state index is 0.0319. The quantitative estimate of drug-likeness (QED) is 0.435. The number of nitrogens with zero attached hydrogens (tertiary/aromatic N) is 2. The molecule has 1 aromatic heterocycles. The Labute approximate surface area is 156 Å². The Morgan fingerprint density at radius 3 is 2.36 bits per heavy atom. The number of alkyl halides is 3. The maximum absolute atomic E-state index is 13.7. The molecule has 0 aliphatic heterocycles. The van der Waals surface area contributed by atoms with Gasteiger partial charge in [0.25, 0.3) is 0 Å². The van der Waals surface area contributed by atoms with Crippen LogP contribution in [0.2, 0.25) is 0 Å². The number of halogens is 5. The van der Waals surface area contributed by atoms with E-state index in [1.807, 2.05) is 0 Å². The third-order valence-corrected chi connectivity index (χ3v) is 5.34. The fourth-order valence-corrected chi connectivity index (χ4v) is 4.12. The Morgan fingerprint density at radius 2 is 1.79 bits per heavy atom. The lowest BCUT2D eigenvalue weighted by molar-refractivity contribution is -0.159. The summed E-state index contributed by atoms with van der Waals surface area (Å²) in [5, 5.41) is 5.86. The van der Waals surface area contributed by atoms with Crippen LogP contribution in [0.25, 0.3) is 11.4 Å². The molecule has 5 nitrogen and oxygen atoms in total. The molecule has 0 spiro atoms. The van der Waals surface area contributed by atoms with E-state index in [1.165, 1.54) is 30.9 Å². The van der Waals surface area contributed by atoms with Crippen molar-refractivity contribution in [3.05, 3.63) is 65.6 Å². The molecule has 1 atom stereocenters. The van der Waals surface area contributed by atoms with Gasteiger partial charge in [0.1, 0.15) is 11.6 Å². The summed E-state index contributed by atoms with van der Waals surface area (Å²) >= 11 is 0. The fourth-order valence-electron chi connectivity index (χ4n) is 2.44. The summed E-state index contributed by atoms with van der Waals surface area (Å²) in [6, 6.07) is 8.86. The van der Waals surface area contributed by atoms with E-state index in [9.17, 15) is 26.5 Å². The smallest absolute Gasteiger partial charge is 0.334 e. The van der Waals surface area contributed by atoms with Gasteiger partial charge in [-0.2, -0.15) is 18.2 Å². The van der Waals surface area contributed by atoms with Gasteiger partial charge < -0.3 is 14.2 Å². The first-order valence-electron chi connectivity index (χ1n) is 7.84. The standard InChI is InChI=1S/C17H13F5N3O2P/c1-28(26,25-14-7-6-12(18)8-13(14)19)9-10-2-4-11(5-3-10)15-23-16(27-24-15)17(20,21)22/h2-8H,9H2,1H3,(H,25,26). The van der Waals surface area contributed by atoms with Crippen molar-refractivity contribution in [2.45, 2.75) is 12.3 Å². The first-order valence-corrected chi connectivity index (χ1v) is 10.2. The highest BCUT2D eigenvalue weighted by molar-refractivity contribution is 7.63. The lowest BCUT2D eigenvalue weighted by Gasteiger charge is -2.17. The molecule has 0 saturated carbocycles. The van der Waals surface area contributed by atoms with E-state index < -0.39 is 31.0 Å². The maximum Gasteiger partial charge on any atom is 0.471 e. The lowest BCUT2D eigenvalue weighted by Crippen LogP contribution is -2.04. The highest BCUT2D eigenvalue weighted by Gasteiger charge is 2.38. The summed E-state index contributed by atoms with van der Waals surface area (Å²) in [7, 11) is -3.09. The zero-order chi connectivity index (χ0) is 20.5. The van der Waals surface area contributed by atoms with Crippen LogP contribution >= 0.6 is 7.29 Å². The van der Waals surface area contributed by atoms with Crippen LogP contribution in [0.5, 0.6) is 0 Å². The average molecular weight is 417 g/mol. The molecule has 1 N–H and O–H groups in total. The Kier molecular flexibility index (Phi) is 5.25. The number of nitrogens with one attached hydrogen (secondary N) is 1. The van der Waals surface area contributed by atoms with Crippen molar-refractivity contribution in [3.63, 3.8) is 0 Å². The maximum atomic E-state index is 13.7. The van der Waals surface area contributed by atoms with Crippen LogP contribution in [0.4, 0.5) is 27.6 Å². The summed E-state index contributed by atoms with van der Waals surface area (Å²) in [5.74, 6) is -3.30. The Bertz CT molecular complexity index is 1030. The minimum atomic E-state index is -4.73. The van der Waals surface area contributed by atoms with Crippen molar-refractivity contribution in [3.8, 4) is 11.4 Å². The van der Waals surface area contributed by atoms with Crippen molar-refractivity contribution < 1.29 is 31.0 Å². The van der Waals surface area contributed by atoms with Crippen LogP contribution in [-0.2, 0) is 16.9 Å². The first kappa shape index (κ1) is 20.0. The summed E-state index contributed by atoms with van der Waals surface area (Å²) < 4.78 is 81.1. The number of anilines is 1. The van der Waals surface area contributed by atoms with Gasteiger partial charge in [0, 0.05) is 24.5 Å². The largest absolute Gasteiger partial charge is 0.471 e. The van der Waals surface area contributed by atoms with Gasteiger partial charge in [-0.25, -0.2) is 8.78 Å². The molecule has 0 bridgehead atoms. The highest BCUT2D eigenvalue weighted by atomic mass is 31.2. The molecule has 148 valence electrons. The van der Waals surface area contributed by atoms with Gasteiger partial charge in [-0.1, -0.05) is 29.4 Å². The molecule has 1 unspecified atom stereocenters. The Hall–Kier alpha value is -2.74. The average Bonchev–Trinajstić information content (AvgIpc) is 3.08. The van der Waals surface area contributed by atoms with Gasteiger partial charge in [0.15, 0.2) is 7.29 Å². The molecule has 0 amide bonds. The van der Waals surface area contributed by atoms with E-state index in [1.54, 1.807) is 0 Å². The summed E-state index contributed by atoms with van der Waals surface area (Å²) in [6.07, 6.45) is -4.70. The van der Waals surface area contributed by atoms with Crippen molar-refractivity contribution in [2.75, 3.05) is 11.8 Å². The second-order valence-electron chi connectivity index (χ2n) is 6.11. The molecule has 0 saturated heterocycles. The third-order valence-electron chi connectivity index (χ3n) is 3.65. The van der Waals surface area contributed by atoms with Crippen LogP contribution in [0.3, 0.4) is 0 Å². The van der Waals surface area contributed by atoms with Gasteiger partial charge in [-0.3, -0.25) is 0 Å². The van der Waals surface area contributed by atoms with E-state index in [-0.39, 0.29) is 23.2 Å². The molecular formula is C17H13F5N3O2P. The van der Waals surface area contributed by atoms with E-state index in [0.29, 0.717) is 11.6 Å². The second kappa shape index (κ2) is 7.35. The van der Waals surface area contributed by atoms with Crippen LogP contribution < -0.4 is 5.09 Å². The number of hydrogen-bond donors (Lipinski definition) is 1. The van der Waals surface area contributed by atoms with Crippen molar-refractivity contribution in [1.82, 2.24) is 10.1 Å². The van der Waals surface area contributed by atoms with Crippen molar-refractivity contribution in [1.29, 1.82) is 0 Å². The van der Waals surface area contributed by atoms with Gasteiger partial charge in [-0.05, 0) is 17.7 Å². The van der Waals surface area contributed by atoms with E-state index in [2.05, 4.69) is 19.8 Å². The SMILES string of the molecule is CP(=O)(Cc1ccc(-c2noc(C(F)(F)F)n2)cc1)Nc1ccc(F)cc1F. The Morgan fingerprint density at radius 1 is 1.11 bits per heavy atom. The molecular weight excluding hydrogens is 404 g/mol. The van der Waals surface area contributed by atoms with E-state index >= 15 is 0 Å². The van der Waals surface area contributed by atoms with Gasteiger partial charge in [0.05, 0.1) is 5.69 Å². The van der Waals surface area contributed by atoms with Gasteiger partial charge in [-0.15, -0.1) is 0 Å². The zero-order valence-electron chi connectivity index (χ0n) is 14.3. The second-order valence-corrected chi connectivity index (χ2v) is 8.85. The summed E-state index contributed by atoms with van der Waals surface area (Å²) in [4.78, 5) is 3.29. The number of aromatic nitrogens is 2. The zero-order valence-corrected chi connectivity index (χ0v) is 15.2. The molecule has 0 radical (unpaired) electrons. The molecule has 3 rings (SSSR count). The molecule has 28 heavy (non-hydrogen) atoms. The van der Waals surface area contributed by atoms with E-state index in [4.69, 9.17) is 0 Å². The van der Waals surface area contributed by atoms with E-state index in [0.717, 1.165) is 12.1 Å². The minimum Gasteiger partial charge on any atom is -0.334 e. The molecule has 0 aliphatic carbocycles. The Balaban J connectivity index is 1.72. The predicted molar refractivity (Wildman–Crippen MR) is 92.0 cm³/mol. The predicted octanol–water partition coefficient (Wildman–Crippen LogP) is 5.55. The molecule has 1 heterocycles. The van der Waals surface area contributed by atoms with Crippen LogP contribution in [-0.4, -0.2) is 16.8 Å². The summed E-state index contributed by atoms with van der Waals surface area (Å²) in [6.45, 7) is 1.40. The topological polar surface area (TPSA) is 68.0 Å². The fraction of sp³-hybridized carbons (Fsp3) is 0.176. The van der Waals surface area contributed by atoms with Crippen LogP contribution in [0, 0.1) is 11.6 Å². The van der Waals surface area contributed by atoms with Gasteiger partial charge in [0.2, 0.25) is 5.82 Å². The molecule has 0 aliphatic rings. The molecule has 2 aromatic carbocycles. The lowest BCUT2D eigenvalue weighted by atomic mass is 10.1. The molecule has 0 fully saturated rings. The van der Waals surface area contributed by atoms with Crippen molar-refractivity contribution in [2.24, 2.45) is 0 Å². The normalized spacial score (nSPS) is 13.9. The summed E-state index contributed by atoms with van der Waals surface area (Å²) in [5.41, 5.74) is 0.783. The van der Waals surface area contributed by atoms with Crippen LogP contribution in [0.1, 0.15) is 11.5 Å². The monoisotopic (exact) mass is 417 g/mol. The first-order chi connectivity index (χ1) is 13.0. The number of benzene rings is 2. The van der Waals surface area contributed by atoms with Gasteiger partial charge >= 0.3 is 12.1 Å². The van der Waals surface area contributed by atoms with Crippen molar-refractivity contribution >= 4 is 13.0 Å². The number of hydrogen-bond acceptors (Lipinski definition) is 4. The third kappa shape index (κ3) is 4.75. The molecule has 11 heteroatoms.